The van der Waals surface area contributed by atoms with Crippen molar-refractivity contribution in [1.82, 2.24) is 5.32 Å². The smallest absolute Gasteiger partial charge is 0.122 e. The Hall–Kier alpha value is -1.06. The van der Waals surface area contributed by atoms with E-state index in [1.165, 1.54) is 11.1 Å². The molecule has 1 saturated heterocycles. The molecule has 0 spiro atoms. The number of nitrogens with one attached hydrogen (secondary N) is 1. The Balaban J connectivity index is 2.14. The van der Waals surface area contributed by atoms with Crippen molar-refractivity contribution in [3.63, 3.8) is 0 Å². The van der Waals surface area contributed by atoms with Crippen molar-refractivity contribution in [1.29, 1.82) is 0 Å². The Labute approximate surface area is 116 Å². The molecule has 1 fully saturated rings. The van der Waals surface area contributed by atoms with Gasteiger partial charge >= 0.3 is 0 Å². The molecule has 0 bridgehead atoms. The minimum Gasteiger partial charge on any atom is -0.496 e. The normalized spacial score (nSPS) is 23.6. The largest absolute Gasteiger partial charge is 0.496 e. The fourth-order valence-corrected chi connectivity index (χ4v) is 2.78. The van der Waals surface area contributed by atoms with Gasteiger partial charge in [-0.25, -0.2) is 0 Å². The van der Waals surface area contributed by atoms with E-state index >= 15 is 0 Å². The van der Waals surface area contributed by atoms with E-state index in [0.29, 0.717) is 11.8 Å². The number of aliphatic hydroxyl groups is 1. The van der Waals surface area contributed by atoms with Crippen molar-refractivity contribution in [2.24, 2.45) is 5.92 Å². The first-order valence-electron chi connectivity index (χ1n) is 7.17. The predicted molar refractivity (Wildman–Crippen MR) is 77.8 cm³/mol. The standard InChI is InChI=1S/C16H25NO2/c1-11(2)14-9-12(4-5-16(14)19-3)8-13-10-17-7-6-15(13)18/h4-5,9,11,13,15,17-18H,6-8,10H2,1-3H3. The number of piperidine rings is 1. The molecule has 2 unspecified atom stereocenters. The lowest BCUT2D eigenvalue weighted by Crippen LogP contribution is -2.40. The van der Waals surface area contributed by atoms with Crippen LogP contribution in [0.2, 0.25) is 0 Å². The fraction of sp³-hybridized carbons (Fsp3) is 0.625. The van der Waals surface area contributed by atoms with Crippen LogP contribution in [0.25, 0.3) is 0 Å². The van der Waals surface area contributed by atoms with Crippen LogP contribution in [0.1, 0.15) is 37.3 Å². The monoisotopic (exact) mass is 263 g/mol. The molecule has 2 atom stereocenters. The summed E-state index contributed by atoms with van der Waals surface area (Å²) < 4.78 is 5.41. The van der Waals surface area contributed by atoms with Crippen LogP contribution >= 0.6 is 0 Å². The average molecular weight is 263 g/mol. The van der Waals surface area contributed by atoms with E-state index < -0.39 is 0 Å². The Kier molecular flexibility index (Phi) is 4.83. The number of hydrogen-bond donors (Lipinski definition) is 2. The maximum atomic E-state index is 10.0. The number of ether oxygens (including phenoxy) is 1. The molecule has 0 saturated carbocycles. The lowest BCUT2D eigenvalue weighted by molar-refractivity contribution is 0.0791. The summed E-state index contributed by atoms with van der Waals surface area (Å²) in [4.78, 5) is 0. The van der Waals surface area contributed by atoms with Crippen molar-refractivity contribution < 1.29 is 9.84 Å². The molecule has 0 aliphatic carbocycles. The van der Waals surface area contributed by atoms with E-state index in [1.54, 1.807) is 7.11 Å². The second kappa shape index (κ2) is 6.40. The van der Waals surface area contributed by atoms with Gasteiger partial charge in [0.05, 0.1) is 13.2 Å². The highest BCUT2D eigenvalue weighted by Gasteiger charge is 2.23. The molecule has 1 heterocycles. The van der Waals surface area contributed by atoms with Crippen LogP contribution < -0.4 is 10.1 Å². The summed E-state index contributed by atoms with van der Waals surface area (Å²) >= 11 is 0. The third-order valence-corrected chi connectivity index (χ3v) is 3.98. The molecule has 2 N–H and O–H groups in total. The van der Waals surface area contributed by atoms with Crippen molar-refractivity contribution >= 4 is 0 Å². The topological polar surface area (TPSA) is 41.5 Å². The van der Waals surface area contributed by atoms with Gasteiger partial charge in [0.15, 0.2) is 0 Å². The van der Waals surface area contributed by atoms with Gasteiger partial charge in [-0.05, 0) is 42.5 Å². The summed E-state index contributed by atoms with van der Waals surface area (Å²) in [7, 11) is 1.72. The minimum atomic E-state index is -0.175. The summed E-state index contributed by atoms with van der Waals surface area (Å²) in [5, 5.41) is 13.4. The van der Waals surface area contributed by atoms with Crippen molar-refractivity contribution in [3.05, 3.63) is 29.3 Å². The Morgan fingerprint density at radius 1 is 1.42 bits per heavy atom. The zero-order valence-electron chi connectivity index (χ0n) is 12.1. The van der Waals surface area contributed by atoms with Gasteiger partial charge in [0.2, 0.25) is 0 Å². The Morgan fingerprint density at radius 2 is 2.21 bits per heavy atom. The predicted octanol–water partition coefficient (Wildman–Crippen LogP) is 2.33. The molecule has 1 aliphatic rings. The van der Waals surface area contributed by atoms with Crippen LogP contribution in [-0.2, 0) is 6.42 Å². The van der Waals surface area contributed by atoms with Crippen LogP contribution in [0.3, 0.4) is 0 Å². The first kappa shape index (κ1) is 14.4. The first-order chi connectivity index (χ1) is 9.11. The molecular formula is C16H25NO2. The van der Waals surface area contributed by atoms with Crippen LogP contribution in [0, 0.1) is 5.92 Å². The minimum absolute atomic E-state index is 0.175. The molecule has 0 radical (unpaired) electrons. The van der Waals surface area contributed by atoms with Crippen molar-refractivity contribution in [2.45, 2.75) is 38.7 Å². The number of methoxy groups -OCH3 is 1. The summed E-state index contributed by atoms with van der Waals surface area (Å²) in [6.45, 7) is 6.19. The number of benzene rings is 1. The summed E-state index contributed by atoms with van der Waals surface area (Å²) in [6, 6.07) is 6.39. The SMILES string of the molecule is COc1ccc(CC2CNCCC2O)cc1C(C)C. The molecule has 106 valence electrons. The molecule has 0 amide bonds. The van der Waals surface area contributed by atoms with Crippen LogP contribution in [0.15, 0.2) is 18.2 Å². The van der Waals surface area contributed by atoms with Crippen LogP contribution in [-0.4, -0.2) is 31.4 Å². The molecule has 1 aliphatic heterocycles. The molecule has 1 aromatic carbocycles. The van der Waals surface area contributed by atoms with Gasteiger partial charge in [-0.3, -0.25) is 0 Å². The van der Waals surface area contributed by atoms with E-state index in [1.807, 2.05) is 6.07 Å². The summed E-state index contributed by atoms with van der Waals surface area (Å²) in [5.74, 6) is 1.73. The zero-order valence-corrected chi connectivity index (χ0v) is 12.1. The van der Waals surface area contributed by atoms with Crippen LogP contribution in [0.5, 0.6) is 5.75 Å². The average Bonchev–Trinajstić information content (AvgIpc) is 2.41. The highest BCUT2D eigenvalue weighted by molar-refractivity contribution is 5.39. The molecular weight excluding hydrogens is 238 g/mol. The van der Waals surface area contributed by atoms with Crippen LogP contribution in [0.4, 0.5) is 0 Å². The molecule has 19 heavy (non-hydrogen) atoms. The first-order valence-corrected chi connectivity index (χ1v) is 7.17. The molecule has 3 nitrogen and oxygen atoms in total. The van der Waals surface area contributed by atoms with Gasteiger partial charge in [0.25, 0.3) is 0 Å². The molecule has 0 aromatic heterocycles. The fourth-order valence-electron chi connectivity index (χ4n) is 2.78. The Morgan fingerprint density at radius 3 is 2.84 bits per heavy atom. The van der Waals surface area contributed by atoms with Gasteiger partial charge in [0.1, 0.15) is 5.75 Å². The quantitative estimate of drug-likeness (QED) is 0.876. The molecule has 3 heteroatoms. The summed E-state index contributed by atoms with van der Waals surface area (Å²) in [6.07, 6.45) is 1.61. The summed E-state index contributed by atoms with van der Waals surface area (Å²) in [5.41, 5.74) is 2.54. The van der Waals surface area contributed by atoms with Crippen molar-refractivity contribution in [2.75, 3.05) is 20.2 Å². The second-order valence-electron chi connectivity index (χ2n) is 5.76. The van der Waals surface area contributed by atoms with Gasteiger partial charge in [-0.1, -0.05) is 26.0 Å². The van der Waals surface area contributed by atoms with Gasteiger partial charge in [0, 0.05) is 12.5 Å². The third-order valence-electron chi connectivity index (χ3n) is 3.98. The highest BCUT2D eigenvalue weighted by atomic mass is 16.5. The third kappa shape index (κ3) is 3.48. The second-order valence-corrected chi connectivity index (χ2v) is 5.76. The van der Waals surface area contributed by atoms with Gasteiger partial charge in [-0.2, -0.15) is 0 Å². The van der Waals surface area contributed by atoms with E-state index in [4.69, 9.17) is 4.74 Å². The highest BCUT2D eigenvalue weighted by Crippen LogP contribution is 2.28. The lowest BCUT2D eigenvalue weighted by atomic mass is 9.88. The van der Waals surface area contributed by atoms with Gasteiger partial charge < -0.3 is 15.2 Å². The maximum Gasteiger partial charge on any atom is 0.122 e. The number of hydrogen-bond acceptors (Lipinski definition) is 3. The number of rotatable bonds is 4. The Bertz CT molecular complexity index is 417. The van der Waals surface area contributed by atoms with Crippen molar-refractivity contribution in [3.8, 4) is 5.75 Å². The lowest BCUT2D eigenvalue weighted by Gasteiger charge is -2.28. The van der Waals surface area contributed by atoms with Gasteiger partial charge in [-0.15, -0.1) is 0 Å². The maximum absolute atomic E-state index is 10.0. The van der Waals surface area contributed by atoms with E-state index in [0.717, 1.165) is 31.7 Å². The van der Waals surface area contributed by atoms with E-state index in [2.05, 4.69) is 31.3 Å². The zero-order chi connectivity index (χ0) is 13.8. The number of aliphatic hydroxyl groups excluding tert-OH is 1. The molecule has 2 rings (SSSR count). The molecule has 1 aromatic rings. The van der Waals surface area contributed by atoms with E-state index in [-0.39, 0.29) is 6.10 Å². The van der Waals surface area contributed by atoms with E-state index in [9.17, 15) is 5.11 Å².